The number of hydrogen-bond donors (Lipinski definition) is 3. The molecule has 2 atom stereocenters. The van der Waals surface area contributed by atoms with E-state index in [1.54, 1.807) is 18.6 Å². The number of H-pyrrole nitrogens is 1. The van der Waals surface area contributed by atoms with Crippen LogP contribution in [-0.4, -0.2) is 39.6 Å². The van der Waals surface area contributed by atoms with Gasteiger partial charge in [-0.2, -0.15) is 5.10 Å². The average Bonchev–Trinajstić information content (AvgIpc) is 3.07. The molecule has 2 aromatic heterocycles. The van der Waals surface area contributed by atoms with Crippen LogP contribution in [0.25, 0.3) is 0 Å². The number of nitrogens with one attached hydrogen (secondary N) is 3. The lowest BCUT2D eigenvalue weighted by Gasteiger charge is -2.32. The first-order chi connectivity index (χ1) is 12.6. The summed E-state index contributed by atoms with van der Waals surface area (Å²) >= 11 is 0. The highest BCUT2D eigenvalue weighted by Crippen LogP contribution is 2.24. The molecule has 1 aliphatic rings. The summed E-state index contributed by atoms with van der Waals surface area (Å²) in [6, 6.07) is 1.87. The summed E-state index contributed by atoms with van der Waals surface area (Å²) < 4.78 is 0. The first-order valence-corrected chi connectivity index (χ1v) is 9.06. The Balaban J connectivity index is 1.60. The Morgan fingerprint density at radius 3 is 2.69 bits per heavy atom. The molecule has 1 fully saturated rings. The standard InChI is InChI=1S/C19H25N5O2/c1-12-7-8-20-11-15(12)18(25)21-10-14-5-3-4-6-16(14)23-19(26)17-13(2)9-22-24-17/h7-9,11,14,16H,3-6,10H2,1-2H3,(H,21,25)(H,22,24)(H,23,26)/t14-,16-/m1/s1. The van der Waals surface area contributed by atoms with Crippen molar-refractivity contribution in [2.75, 3.05) is 6.54 Å². The number of carbonyl (C=O) groups is 2. The highest BCUT2D eigenvalue weighted by molar-refractivity contribution is 5.95. The topological polar surface area (TPSA) is 99.8 Å². The largest absolute Gasteiger partial charge is 0.352 e. The van der Waals surface area contributed by atoms with E-state index in [4.69, 9.17) is 0 Å². The Morgan fingerprint density at radius 2 is 1.96 bits per heavy atom. The third kappa shape index (κ3) is 4.09. The van der Waals surface area contributed by atoms with Crippen LogP contribution in [0.1, 0.15) is 57.7 Å². The van der Waals surface area contributed by atoms with Crippen LogP contribution < -0.4 is 10.6 Å². The van der Waals surface area contributed by atoms with Crippen LogP contribution in [0.5, 0.6) is 0 Å². The van der Waals surface area contributed by atoms with Crippen LogP contribution >= 0.6 is 0 Å². The average molecular weight is 355 g/mol. The lowest BCUT2D eigenvalue weighted by molar-refractivity contribution is 0.0890. The second kappa shape index (κ2) is 8.12. The highest BCUT2D eigenvalue weighted by atomic mass is 16.2. The summed E-state index contributed by atoms with van der Waals surface area (Å²) in [7, 11) is 0. The predicted octanol–water partition coefficient (Wildman–Crippen LogP) is 2.14. The van der Waals surface area contributed by atoms with Crippen LogP contribution in [0.2, 0.25) is 0 Å². The summed E-state index contributed by atoms with van der Waals surface area (Å²) in [5, 5.41) is 12.8. The number of aromatic nitrogens is 3. The third-order valence-corrected chi connectivity index (χ3v) is 5.09. The van der Waals surface area contributed by atoms with Gasteiger partial charge in [-0.1, -0.05) is 12.8 Å². The molecule has 7 nitrogen and oxygen atoms in total. The lowest BCUT2D eigenvalue weighted by Crippen LogP contribution is -2.46. The molecule has 2 amide bonds. The molecule has 0 saturated heterocycles. The smallest absolute Gasteiger partial charge is 0.269 e. The predicted molar refractivity (Wildman–Crippen MR) is 97.8 cm³/mol. The molecule has 0 aliphatic heterocycles. The Labute approximate surface area is 153 Å². The minimum absolute atomic E-state index is 0.0502. The normalized spacial score (nSPS) is 19.8. The Kier molecular flexibility index (Phi) is 5.65. The number of nitrogens with zero attached hydrogens (tertiary/aromatic N) is 2. The maximum Gasteiger partial charge on any atom is 0.269 e. The monoisotopic (exact) mass is 355 g/mol. The van der Waals surface area contributed by atoms with Crippen LogP contribution in [0.4, 0.5) is 0 Å². The van der Waals surface area contributed by atoms with E-state index in [1.807, 2.05) is 19.9 Å². The van der Waals surface area contributed by atoms with Gasteiger partial charge in [-0.05, 0) is 49.8 Å². The molecule has 138 valence electrons. The fourth-order valence-corrected chi connectivity index (χ4v) is 3.48. The van der Waals surface area contributed by atoms with Crippen LogP contribution in [0, 0.1) is 19.8 Å². The fraction of sp³-hybridized carbons (Fsp3) is 0.474. The van der Waals surface area contributed by atoms with Gasteiger partial charge in [-0.3, -0.25) is 19.7 Å². The quantitative estimate of drug-likeness (QED) is 0.765. The zero-order valence-electron chi connectivity index (χ0n) is 15.2. The molecule has 1 aliphatic carbocycles. The fourth-order valence-electron chi connectivity index (χ4n) is 3.48. The number of aromatic amines is 1. The van der Waals surface area contributed by atoms with Gasteiger partial charge in [0.05, 0.1) is 11.8 Å². The maximum atomic E-state index is 12.5. The first kappa shape index (κ1) is 18.1. The Bertz CT molecular complexity index is 786. The van der Waals surface area contributed by atoms with Gasteiger partial charge >= 0.3 is 0 Å². The summed E-state index contributed by atoms with van der Waals surface area (Å²) in [4.78, 5) is 28.9. The van der Waals surface area contributed by atoms with Gasteiger partial charge in [0.25, 0.3) is 11.8 Å². The van der Waals surface area contributed by atoms with E-state index in [0.29, 0.717) is 17.8 Å². The van der Waals surface area contributed by atoms with Crippen molar-refractivity contribution in [2.24, 2.45) is 5.92 Å². The van der Waals surface area contributed by atoms with Crippen molar-refractivity contribution in [3.05, 3.63) is 47.0 Å². The van der Waals surface area contributed by atoms with Crippen molar-refractivity contribution in [2.45, 2.75) is 45.6 Å². The van der Waals surface area contributed by atoms with Crippen LogP contribution in [-0.2, 0) is 0 Å². The molecule has 3 rings (SSSR count). The van der Waals surface area contributed by atoms with Gasteiger partial charge in [0.1, 0.15) is 5.69 Å². The minimum Gasteiger partial charge on any atom is -0.352 e. The van der Waals surface area contributed by atoms with Gasteiger partial charge in [0.2, 0.25) is 0 Å². The Morgan fingerprint density at radius 1 is 1.15 bits per heavy atom. The number of rotatable bonds is 5. The summed E-state index contributed by atoms with van der Waals surface area (Å²) in [5.41, 5.74) is 2.83. The van der Waals surface area contributed by atoms with Gasteiger partial charge in [-0.15, -0.1) is 0 Å². The molecule has 26 heavy (non-hydrogen) atoms. The zero-order chi connectivity index (χ0) is 18.5. The summed E-state index contributed by atoms with van der Waals surface area (Å²) in [5.74, 6) is -0.0288. The molecule has 3 N–H and O–H groups in total. The van der Waals surface area contributed by atoms with Crippen molar-refractivity contribution in [3.8, 4) is 0 Å². The molecule has 7 heteroatoms. The van der Waals surface area contributed by atoms with Crippen molar-refractivity contribution in [1.29, 1.82) is 0 Å². The van der Waals surface area contributed by atoms with E-state index in [2.05, 4.69) is 25.8 Å². The van der Waals surface area contributed by atoms with Gasteiger partial charge in [0.15, 0.2) is 0 Å². The van der Waals surface area contributed by atoms with Crippen LogP contribution in [0.3, 0.4) is 0 Å². The first-order valence-electron chi connectivity index (χ1n) is 9.06. The maximum absolute atomic E-state index is 12.5. The second-order valence-electron chi connectivity index (χ2n) is 6.95. The SMILES string of the molecule is Cc1ccncc1C(=O)NC[C@H]1CCCC[C@H]1NC(=O)c1[nH]ncc1C. The van der Waals surface area contributed by atoms with Gasteiger partial charge in [-0.25, -0.2) is 0 Å². The van der Waals surface area contributed by atoms with Gasteiger partial charge < -0.3 is 10.6 Å². The van der Waals surface area contributed by atoms with Crippen molar-refractivity contribution < 1.29 is 9.59 Å². The molecule has 0 spiro atoms. The van der Waals surface area contributed by atoms with Crippen LogP contribution in [0.15, 0.2) is 24.7 Å². The third-order valence-electron chi connectivity index (χ3n) is 5.09. The second-order valence-corrected chi connectivity index (χ2v) is 6.95. The molecule has 0 unspecified atom stereocenters. The van der Waals surface area contributed by atoms with Crippen molar-refractivity contribution in [1.82, 2.24) is 25.8 Å². The minimum atomic E-state index is -0.133. The van der Waals surface area contributed by atoms with E-state index in [0.717, 1.165) is 36.8 Å². The summed E-state index contributed by atoms with van der Waals surface area (Å²) in [6.45, 7) is 4.29. The molecule has 0 radical (unpaired) electrons. The number of aryl methyl sites for hydroxylation is 2. The number of carbonyl (C=O) groups excluding carboxylic acids is 2. The van der Waals surface area contributed by atoms with Gasteiger partial charge in [0, 0.05) is 25.0 Å². The lowest BCUT2D eigenvalue weighted by atomic mass is 9.84. The van der Waals surface area contributed by atoms with E-state index in [1.165, 1.54) is 0 Å². The zero-order valence-corrected chi connectivity index (χ0v) is 15.2. The number of amides is 2. The van der Waals surface area contributed by atoms with E-state index in [9.17, 15) is 9.59 Å². The number of hydrogen-bond acceptors (Lipinski definition) is 4. The molecule has 1 saturated carbocycles. The molecule has 0 aromatic carbocycles. The highest BCUT2D eigenvalue weighted by Gasteiger charge is 2.28. The summed E-state index contributed by atoms with van der Waals surface area (Å²) in [6.07, 6.45) is 9.01. The molecule has 2 heterocycles. The number of pyridine rings is 1. The molecule has 2 aromatic rings. The molecular formula is C19H25N5O2. The van der Waals surface area contributed by atoms with E-state index >= 15 is 0 Å². The van der Waals surface area contributed by atoms with E-state index in [-0.39, 0.29) is 23.8 Å². The van der Waals surface area contributed by atoms with Crippen molar-refractivity contribution in [3.63, 3.8) is 0 Å². The molecule has 0 bridgehead atoms. The molecular weight excluding hydrogens is 330 g/mol. The van der Waals surface area contributed by atoms with Crippen molar-refractivity contribution >= 4 is 11.8 Å². The Hall–Kier alpha value is -2.70. The van der Waals surface area contributed by atoms with E-state index < -0.39 is 0 Å².